The standard InChI is InChI=1S/C20H20N2O4S/c23-20-9-6-16-12-18(7-8-19(16)26-20)27(24,25)21-13-15-10-11-22(14-15)17-4-2-1-3-5-17/h1-9,12,15,21H,10-11,13-14H2. The summed E-state index contributed by atoms with van der Waals surface area (Å²) in [6.07, 6.45) is 0.945. The highest BCUT2D eigenvalue weighted by Crippen LogP contribution is 2.24. The van der Waals surface area contributed by atoms with Gasteiger partial charge < -0.3 is 9.32 Å². The molecule has 4 rings (SSSR count). The third kappa shape index (κ3) is 3.89. The highest BCUT2D eigenvalue weighted by Gasteiger charge is 2.24. The van der Waals surface area contributed by atoms with Gasteiger partial charge in [0.05, 0.1) is 4.90 Å². The Kier molecular flexibility index (Phi) is 4.72. The lowest BCUT2D eigenvalue weighted by molar-refractivity contribution is 0.541. The van der Waals surface area contributed by atoms with Crippen LogP contribution in [0.4, 0.5) is 5.69 Å². The van der Waals surface area contributed by atoms with Crippen molar-refractivity contribution >= 4 is 26.7 Å². The first-order chi connectivity index (χ1) is 13.0. The Hall–Kier alpha value is -2.64. The van der Waals surface area contributed by atoms with Crippen molar-refractivity contribution in [2.75, 3.05) is 24.5 Å². The second-order valence-corrected chi connectivity index (χ2v) is 8.51. The highest BCUT2D eigenvalue weighted by molar-refractivity contribution is 7.89. The Morgan fingerprint density at radius 2 is 1.89 bits per heavy atom. The van der Waals surface area contributed by atoms with Gasteiger partial charge in [-0.1, -0.05) is 18.2 Å². The maximum atomic E-state index is 12.6. The van der Waals surface area contributed by atoms with Crippen molar-refractivity contribution in [3.8, 4) is 0 Å². The van der Waals surface area contributed by atoms with E-state index in [-0.39, 0.29) is 10.8 Å². The van der Waals surface area contributed by atoms with Crippen molar-refractivity contribution in [1.29, 1.82) is 0 Å². The van der Waals surface area contributed by atoms with Crippen LogP contribution >= 0.6 is 0 Å². The summed E-state index contributed by atoms with van der Waals surface area (Å²) < 4.78 is 33.0. The molecule has 2 aromatic carbocycles. The van der Waals surface area contributed by atoms with Crippen molar-refractivity contribution in [2.24, 2.45) is 5.92 Å². The smallest absolute Gasteiger partial charge is 0.336 e. The molecule has 1 aliphatic rings. The minimum atomic E-state index is -3.62. The number of nitrogens with zero attached hydrogens (tertiary/aromatic N) is 1. The summed E-state index contributed by atoms with van der Waals surface area (Å²) in [6, 6.07) is 17.5. The van der Waals surface area contributed by atoms with Gasteiger partial charge in [0.2, 0.25) is 10.0 Å². The van der Waals surface area contributed by atoms with Crippen LogP contribution in [-0.4, -0.2) is 28.1 Å². The fraction of sp³-hybridized carbons (Fsp3) is 0.250. The average Bonchev–Trinajstić information content (AvgIpc) is 3.16. The van der Waals surface area contributed by atoms with E-state index >= 15 is 0 Å². The lowest BCUT2D eigenvalue weighted by Gasteiger charge is -2.18. The highest BCUT2D eigenvalue weighted by atomic mass is 32.2. The molecule has 140 valence electrons. The zero-order chi connectivity index (χ0) is 18.9. The fourth-order valence-corrected chi connectivity index (χ4v) is 4.55. The minimum Gasteiger partial charge on any atom is -0.423 e. The van der Waals surface area contributed by atoms with Crippen molar-refractivity contribution in [3.05, 3.63) is 71.1 Å². The van der Waals surface area contributed by atoms with Crippen molar-refractivity contribution < 1.29 is 12.8 Å². The lowest BCUT2D eigenvalue weighted by atomic mass is 10.1. The maximum absolute atomic E-state index is 12.6. The van der Waals surface area contributed by atoms with Crippen LogP contribution in [0, 0.1) is 5.92 Å². The summed E-state index contributed by atoms with van der Waals surface area (Å²) in [4.78, 5) is 13.7. The zero-order valence-corrected chi connectivity index (χ0v) is 15.5. The normalized spacial score (nSPS) is 17.5. The van der Waals surface area contributed by atoms with Crippen LogP contribution < -0.4 is 15.2 Å². The first kappa shape index (κ1) is 17.8. The summed E-state index contributed by atoms with van der Waals surface area (Å²) in [5, 5.41) is 0.577. The van der Waals surface area contributed by atoms with Gasteiger partial charge in [0, 0.05) is 36.8 Å². The number of nitrogens with one attached hydrogen (secondary N) is 1. The van der Waals surface area contributed by atoms with Crippen LogP contribution in [0.15, 0.2) is 74.8 Å². The predicted molar refractivity (Wildman–Crippen MR) is 104 cm³/mol. The summed E-state index contributed by atoms with van der Waals surface area (Å²) in [5.41, 5.74) is 1.08. The molecular weight excluding hydrogens is 364 g/mol. The molecular formula is C20H20N2O4S. The molecule has 0 spiro atoms. The number of para-hydroxylation sites is 1. The van der Waals surface area contributed by atoms with Gasteiger partial charge in [0.1, 0.15) is 5.58 Å². The number of sulfonamides is 1. The van der Waals surface area contributed by atoms with Crippen molar-refractivity contribution in [1.82, 2.24) is 4.72 Å². The van der Waals surface area contributed by atoms with Gasteiger partial charge in [-0.3, -0.25) is 0 Å². The summed E-state index contributed by atoms with van der Waals surface area (Å²) >= 11 is 0. The van der Waals surface area contributed by atoms with Gasteiger partial charge in [-0.2, -0.15) is 0 Å². The molecule has 27 heavy (non-hydrogen) atoms. The Labute approximate surface area is 157 Å². The van der Waals surface area contributed by atoms with Crippen LogP contribution in [0.5, 0.6) is 0 Å². The van der Waals surface area contributed by atoms with Crippen LogP contribution in [-0.2, 0) is 10.0 Å². The van der Waals surface area contributed by atoms with Gasteiger partial charge in [-0.25, -0.2) is 17.9 Å². The van der Waals surface area contributed by atoms with Crippen LogP contribution in [0.3, 0.4) is 0 Å². The average molecular weight is 384 g/mol. The van der Waals surface area contributed by atoms with Gasteiger partial charge in [-0.15, -0.1) is 0 Å². The topological polar surface area (TPSA) is 79.6 Å². The van der Waals surface area contributed by atoms with E-state index < -0.39 is 15.6 Å². The van der Waals surface area contributed by atoms with Gasteiger partial charge in [0.15, 0.2) is 0 Å². The molecule has 6 nitrogen and oxygen atoms in total. The molecule has 1 atom stereocenters. The second-order valence-electron chi connectivity index (χ2n) is 6.74. The number of benzene rings is 2. The fourth-order valence-electron chi connectivity index (χ4n) is 3.40. The van der Waals surface area contributed by atoms with E-state index in [4.69, 9.17) is 4.42 Å². The molecule has 0 bridgehead atoms. The number of anilines is 1. The molecule has 1 aliphatic heterocycles. The maximum Gasteiger partial charge on any atom is 0.336 e. The second kappa shape index (κ2) is 7.17. The van der Waals surface area contributed by atoms with E-state index in [2.05, 4.69) is 21.8 Å². The van der Waals surface area contributed by atoms with Crippen LogP contribution in [0.1, 0.15) is 6.42 Å². The van der Waals surface area contributed by atoms with Crippen LogP contribution in [0.2, 0.25) is 0 Å². The molecule has 0 aliphatic carbocycles. The lowest BCUT2D eigenvalue weighted by Crippen LogP contribution is -2.31. The Bertz CT molecular complexity index is 1110. The molecule has 1 saturated heterocycles. The third-order valence-corrected chi connectivity index (χ3v) is 6.29. The quantitative estimate of drug-likeness (QED) is 0.684. The first-order valence-electron chi connectivity index (χ1n) is 8.85. The largest absolute Gasteiger partial charge is 0.423 e. The minimum absolute atomic E-state index is 0.168. The number of fused-ring (bicyclic) bond motifs is 1. The zero-order valence-electron chi connectivity index (χ0n) is 14.7. The summed E-state index contributed by atoms with van der Waals surface area (Å²) in [5.74, 6) is 0.262. The molecule has 2 heterocycles. The Balaban J connectivity index is 1.43. The third-order valence-electron chi connectivity index (χ3n) is 4.87. The Morgan fingerprint density at radius 3 is 2.70 bits per heavy atom. The molecule has 0 radical (unpaired) electrons. The van der Waals surface area contributed by atoms with E-state index in [1.54, 1.807) is 6.07 Å². The SMILES string of the molecule is O=c1ccc2cc(S(=O)(=O)NCC3CCN(c4ccccc4)C3)ccc2o1. The predicted octanol–water partition coefficient (Wildman–Crippen LogP) is 2.60. The molecule has 1 N–H and O–H groups in total. The monoisotopic (exact) mass is 384 g/mol. The number of rotatable bonds is 5. The molecule has 1 aromatic heterocycles. The van der Waals surface area contributed by atoms with Crippen molar-refractivity contribution in [3.63, 3.8) is 0 Å². The van der Waals surface area contributed by atoms with E-state index in [0.29, 0.717) is 17.5 Å². The number of hydrogen-bond acceptors (Lipinski definition) is 5. The molecule has 1 fully saturated rings. The molecule has 0 amide bonds. The summed E-state index contributed by atoms with van der Waals surface area (Å²) in [6.45, 7) is 2.15. The van der Waals surface area contributed by atoms with E-state index in [1.165, 1.54) is 30.0 Å². The van der Waals surface area contributed by atoms with E-state index in [1.807, 2.05) is 18.2 Å². The molecule has 7 heteroatoms. The molecule has 0 saturated carbocycles. The van der Waals surface area contributed by atoms with Crippen molar-refractivity contribution in [2.45, 2.75) is 11.3 Å². The van der Waals surface area contributed by atoms with E-state index in [9.17, 15) is 13.2 Å². The van der Waals surface area contributed by atoms with E-state index in [0.717, 1.165) is 19.5 Å². The van der Waals surface area contributed by atoms with Gasteiger partial charge >= 0.3 is 5.63 Å². The first-order valence-corrected chi connectivity index (χ1v) is 10.3. The van der Waals surface area contributed by atoms with Crippen LogP contribution in [0.25, 0.3) is 11.0 Å². The Morgan fingerprint density at radius 1 is 1.07 bits per heavy atom. The summed E-state index contributed by atoms with van der Waals surface area (Å²) in [7, 11) is -3.62. The van der Waals surface area contributed by atoms with Gasteiger partial charge in [-0.05, 0) is 48.7 Å². The number of hydrogen-bond donors (Lipinski definition) is 1. The molecule has 3 aromatic rings. The molecule has 1 unspecified atom stereocenters. The van der Waals surface area contributed by atoms with Gasteiger partial charge in [0.25, 0.3) is 0 Å².